The van der Waals surface area contributed by atoms with Gasteiger partial charge in [0.1, 0.15) is 6.10 Å². The normalized spacial score (nSPS) is 23.8. The fraction of sp³-hybridized carbons (Fsp3) is 0.647. The summed E-state index contributed by atoms with van der Waals surface area (Å²) >= 11 is 2.02. The first-order chi connectivity index (χ1) is 10.4. The van der Waals surface area contributed by atoms with Crippen molar-refractivity contribution in [2.24, 2.45) is 0 Å². The molecule has 0 spiro atoms. The zero-order valence-corrected chi connectivity index (χ0v) is 13.6. The van der Waals surface area contributed by atoms with Gasteiger partial charge in [-0.25, -0.2) is 0 Å². The number of rotatable bonds is 4. The second kappa shape index (κ2) is 7.41. The maximum absolute atomic E-state index is 6.24. The molecule has 2 aliphatic heterocycles. The Bertz CT molecular complexity index is 454. The summed E-state index contributed by atoms with van der Waals surface area (Å²) in [6.07, 6.45) is 6.43. The van der Waals surface area contributed by atoms with Crippen LogP contribution in [0.4, 0.5) is 0 Å². The van der Waals surface area contributed by atoms with E-state index in [1.807, 2.05) is 11.8 Å². The van der Waals surface area contributed by atoms with Crippen molar-refractivity contribution in [2.45, 2.75) is 44.2 Å². The Balaban J connectivity index is 1.75. The SMILES string of the molecule is COc1ccc(C2CCCCN2)cc1OC1CCSCC1. The van der Waals surface area contributed by atoms with E-state index in [1.165, 1.54) is 36.3 Å². The first-order valence-corrected chi connectivity index (χ1v) is 9.18. The van der Waals surface area contributed by atoms with Gasteiger partial charge in [-0.15, -0.1) is 0 Å². The van der Waals surface area contributed by atoms with E-state index < -0.39 is 0 Å². The Hall–Kier alpha value is -0.870. The molecule has 4 heteroatoms. The molecule has 0 radical (unpaired) electrons. The molecule has 2 aliphatic rings. The highest BCUT2D eigenvalue weighted by Crippen LogP contribution is 2.34. The summed E-state index contributed by atoms with van der Waals surface area (Å²) in [5.41, 5.74) is 1.33. The highest BCUT2D eigenvalue weighted by atomic mass is 32.2. The van der Waals surface area contributed by atoms with Crippen LogP contribution in [-0.4, -0.2) is 31.3 Å². The van der Waals surface area contributed by atoms with Crippen molar-refractivity contribution in [1.29, 1.82) is 0 Å². The first-order valence-electron chi connectivity index (χ1n) is 8.02. The fourth-order valence-corrected chi connectivity index (χ4v) is 4.18. The first kappa shape index (κ1) is 15.0. The highest BCUT2D eigenvalue weighted by Gasteiger charge is 2.20. The lowest BCUT2D eigenvalue weighted by Gasteiger charge is -2.27. The molecule has 3 rings (SSSR count). The van der Waals surface area contributed by atoms with E-state index in [0.29, 0.717) is 12.1 Å². The van der Waals surface area contributed by atoms with Gasteiger partial charge in [-0.05, 0) is 61.4 Å². The van der Waals surface area contributed by atoms with Gasteiger partial charge in [0.25, 0.3) is 0 Å². The smallest absolute Gasteiger partial charge is 0.161 e. The van der Waals surface area contributed by atoms with Gasteiger partial charge in [-0.1, -0.05) is 12.5 Å². The zero-order valence-electron chi connectivity index (χ0n) is 12.8. The fourth-order valence-electron chi connectivity index (χ4n) is 3.11. The van der Waals surface area contributed by atoms with Crippen LogP contribution in [0.25, 0.3) is 0 Å². The van der Waals surface area contributed by atoms with Gasteiger partial charge < -0.3 is 14.8 Å². The standard InChI is InChI=1S/C17H25NO2S/c1-19-16-6-5-13(15-4-2-3-9-18-15)12-17(16)20-14-7-10-21-11-8-14/h5-6,12,14-15,18H,2-4,7-11H2,1H3. The van der Waals surface area contributed by atoms with Gasteiger partial charge in [0.2, 0.25) is 0 Å². The predicted octanol–water partition coefficient (Wildman–Crippen LogP) is 3.78. The minimum Gasteiger partial charge on any atom is -0.493 e. The molecule has 2 fully saturated rings. The number of benzene rings is 1. The quantitative estimate of drug-likeness (QED) is 0.917. The summed E-state index contributed by atoms with van der Waals surface area (Å²) in [5, 5.41) is 3.60. The minimum atomic E-state index is 0.342. The second-order valence-electron chi connectivity index (χ2n) is 5.84. The van der Waals surface area contributed by atoms with Crippen molar-refractivity contribution in [2.75, 3.05) is 25.2 Å². The topological polar surface area (TPSA) is 30.5 Å². The maximum atomic E-state index is 6.24. The van der Waals surface area contributed by atoms with Crippen LogP contribution in [0.3, 0.4) is 0 Å². The predicted molar refractivity (Wildman–Crippen MR) is 88.6 cm³/mol. The Morgan fingerprint density at radius 3 is 2.67 bits per heavy atom. The third-order valence-electron chi connectivity index (χ3n) is 4.36. The lowest BCUT2D eigenvalue weighted by Crippen LogP contribution is -2.27. The van der Waals surface area contributed by atoms with Crippen LogP contribution in [-0.2, 0) is 0 Å². The van der Waals surface area contributed by atoms with Crippen molar-refractivity contribution < 1.29 is 9.47 Å². The Morgan fingerprint density at radius 1 is 1.10 bits per heavy atom. The number of ether oxygens (including phenoxy) is 2. The van der Waals surface area contributed by atoms with Crippen LogP contribution in [0.1, 0.15) is 43.7 Å². The second-order valence-corrected chi connectivity index (χ2v) is 7.07. The van der Waals surface area contributed by atoms with Crippen molar-refractivity contribution in [3.63, 3.8) is 0 Å². The van der Waals surface area contributed by atoms with E-state index in [2.05, 4.69) is 23.5 Å². The number of methoxy groups -OCH3 is 1. The van der Waals surface area contributed by atoms with Crippen LogP contribution in [0.2, 0.25) is 0 Å². The molecule has 2 saturated heterocycles. The largest absolute Gasteiger partial charge is 0.493 e. The minimum absolute atomic E-state index is 0.342. The van der Waals surface area contributed by atoms with E-state index in [-0.39, 0.29) is 0 Å². The number of piperidine rings is 1. The van der Waals surface area contributed by atoms with Crippen molar-refractivity contribution in [3.8, 4) is 11.5 Å². The van der Waals surface area contributed by atoms with Crippen LogP contribution < -0.4 is 14.8 Å². The van der Waals surface area contributed by atoms with E-state index in [1.54, 1.807) is 7.11 Å². The molecule has 0 amide bonds. The summed E-state index contributed by atoms with van der Waals surface area (Å²) in [6, 6.07) is 6.88. The number of hydrogen-bond donors (Lipinski definition) is 1. The van der Waals surface area contributed by atoms with Crippen LogP contribution in [0.15, 0.2) is 18.2 Å². The molecular formula is C17H25NO2S. The monoisotopic (exact) mass is 307 g/mol. The molecule has 1 atom stereocenters. The average Bonchev–Trinajstić information content (AvgIpc) is 2.56. The highest BCUT2D eigenvalue weighted by molar-refractivity contribution is 7.99. The zero-order chi connectivity index (χ0) is 14.5. The Kier molecular flexibility index (Phi) is 5.31. The molecule has 21 heavy (non-hydrogen) atoms. The van der Waals surface area contributed by atoms with Crippen LogP contribution in [0, 0.1) is 0 Å². The van der Waals surface area contributed by atoms with Gasteiger partial charge in [0, 0.05) is 6.04 Å². The molecular weight excluding hydrogens is 282 g/mol. The summed E-state index contributed by atoms with van der Waals surface area (Å²) < 4.78 is 11.7. The van der Waals surface area contributed by atoms with E-state index >= 15 is 0 Å². The Labute approximate surface area is 131 Å². The van der Waals surface area contributed by atoms with E-state index in [9.17, 15) is 0 Å². The van der Waals surface area contributed by atoms with Gasteiger partial charge in [-0.2, -0.15) is 11.8 Å². The molecule has 0 aliphatic carbocycles. The van der Waals surface area contributed by atoms with Crippen molar-refractivity contribution >= 4 is 11.8 Å². The van der Waals surface area contributed by atoms with Gasteiger partial charge in [0.15, 0.2) is 11.5 Å². The molecule has 2 heterocycles. The summed E-state index contributed by atoms with van der Waals surface area (Å²) in [6.45, 7) is 1.12. The maximum Gasteiger partial charge on any atom is 0.161 e. The van der Waals surface area contributed by atoms with Crippen LogP contribution >= 0.6 is 11.8 Å². The van der Waals surface area contributed by atoms with E-state index in [4.69, 9.17) is 9.47 Å². The molecule has 1 aromatic carbocycles. The third kappa shape index (κ3) is 3.86. The van der Waals surface area contributed by atoms with E-state index in [0.717, 1.165) is 30.9 Å². The van der Waals surface area contributed by atoms with Crippen LogP contribution in [0.5, 0.6) is 11.5 Å². The summed E-state index contributed by atoms with van der Waals surface area (Å²) in [5.74, 6) is 4.18. The molecule has 0 saturated carbocycles. The Morgan fingerprint density at radius 2 is 1.95 bits per heavy atom. The number of hydrogen-bond acceptors (Lipinski definition) is 4. The molecule has 0 aromatic heterocycles. The van der Waals surface area contributed by atoms with Gasteiger partial charge in [0.05, 0.1) is 7.11 Å². The average molecular weight is 307 g/mol. The number of thioether (sulfide) groups is 1. The molecule has 3 nitrogen and oxygen atoms in total. The molecule has 116 valence electrons. The van der Waals surface area contributed by atoms with Crippen molar-refractivity contribution in [1.82, 2.24) is 5.32 Å². The van der Waals surface area contributed by atoms with Crippen molar-refractivity contribution in [3.05, 3.63) is 23.8 Å². The lowest BCUT2D eigenvalue weighted by atomic mass is 9.97. The molecule has 1 N–H and O–H groups in total. The molecule has 1 aromatic rings. The number of nitrogens with one attached hydrogen (secondary N) is 1. The van der Waals surface area contributed by atoms with Gasteiger partial charge >= 0.3 is 0 Å². The molecule has 1 unspecified atom stereocenters. The summed E-state index contributed by atoms with van der Waals surface area (Å²) in [7, 11) is 1.72. The summed E-state index contributed by atoms with van der Waals surface area (Å²) in [4.78, 5) is 0. The molecule has 0 bridgehead atoms. The lowest BCUT2D eigenvalue weighted by molar-refractivity contribution is 0.184. The van der Waals surface area contributed by atoms with Gasteiger partial charge in [-0.3, -0.25) is 0 Å². The third-order valence-corrected chi connectivity index (χ3v) is 5.41.